The largest absolute Gasteiger partial charge is 0.425 e. The van der Waals surface area contributed by atoms with Gasteiger partial charge in [-0.1, -0.05) is 48.0 Å². The van der Waals surface area contributed by atoms with E-state index in [2.05, 4.69) is 5.32 Å². The molecule has 2 aromatic rings. The summed E-state index contributed by atoms with van der Waals surface area (Å²) in [5.74, 6) is -0.558. The SMILES string of the molecule is O=C(CCc1ccccc1)Oc1ccc(C=C2SC(=O)NC2=O)cc1Cl. The van der Waals surface area contributed by atoms with Gasteiger partial charge in [-0.2, -0.15) is 0 Å². The van der Waals surface area contributed by atoms with Crippen LogP contribution in [0.1, 0.15) is 17.5 Å². The van der Waals surface area contributed by atoms with Crippen molar-refractivity contribution in [3.05, 3.63) is 69.6 Å². The lowest BCUT2D eigenvalue weighted by Crippen LogP contribution is -2.17. The predicted octanol–water partition coefficient (Wildman–Crippen LogP) is 4.20. The topological polar surface area (TPSA) is 72.5 Å². The number of hydrogen-bond acceptors (Lipinski definition) is 5. The van der Waals surface area contributed by atoms with Gasteiger partial charge in [-0.15, -0.1) is 0 Å². The number of rotatable bonds is 5. The number of halogens is 1. The van der Waals surface area contributed by atoms with Crippen molar-refractivity contribution >= 4 is 46.6 Å². The van der Waals surface area contributed by atoms with Gasteiger partial charge in [0.25, 0.3) is 11.1 Å². The van der Waals surface area contributed by atoms with E-state index in [0.717, 1.165) is 17.3 Å². The second-order valence-electron chi connectivity index (χ2n) is 5.50. The van der Waals surface area contributed by atoms with Crippen LogP contribution in [0, 0.1) is 0 Å². The lowest BCUT2D eigenvalue weighted by atomic mass is 10.1. The molecule has 26 heavy (non-hydrogen) atoms. The molecule has 0 bridgehead atoms. The number of thioether (sulfide) groups is 1. The van der Waals surface area contributed by atoms with Crippen molar-refractivity contribution in [2.45, 2.75) is 12.8 Å². The first kappa shape index (κ1) is 18.2. The predicted molar refractivity (Wildman–Crippen MR) is 101 cm³/mol. The number of carbonyl (C=O) groups is 3. The Morgan fingerprint density at radius 2 is 1.92 bits per heavy atom. The van der Waals surface area contributed by atoms with Crippen LogP contribution in [-0.2, 0) is 16.0 Å². The zero-order valence-electron chi connectivity index (χ0n) is 13.5. The zero-order chi connectivity index (χ0) is 18.5. The molecule has 0 radical (unpaired) electrons. The third-order valence-corrected chi connectivity index (χ3v) is 4.69. The molecule has 7 heteroatoms. The Morgan fingerprint density at radius 1 is 1.15 bits per heavy atom. The Bertz CT molecular complexity index is 896. The van der Waals surface area contributed by atoms with Crippen LogP contribution in [0.3, 0.4) is 0 Å². The molecule has 0 aliphatic carbocycles. The van der Waals surface area contributed by atoms with Gasteiger partial charge in [0.05, 0.1) is 9.93 Å². The summed E-state index contributed by atoms with van der Waals surface area (Å²) in [5.41, 5.74) is 1.69. The van der Waals surface area contributed by atoms with Crippen LogP contribution in [0.2, 0.25) is 5.02 Å². The van der Waals surface area contributed by atoms with Crippen molar-refractivity contribution in [1.82, 2.24) is 5.32 Å². The van der Waals surface area contributed by atoms with Gasteiger partial charge >= 0.3 is 5.97 Å². The fourth-order valence-corrected chi connectivity index (χ4v) is 3.24. The van der Waals surface area contributed by atoms with Gasteiger partial charge in [0.15, 0.2) is 0 Å². The first-order chi connectivity index (χ1) is 12.5. The summed E-state index contributed by atoms with van der Waals surface area (Å²) in [7, 11) is 0. The van der Waals surface area contributed by atoms with Crippen molar-refractivity contribution in [3.63, 3.8) is 0 Å². The number of carbonyl (C=O) groups excluding carboxylic acids is 3. The summed E-state index contributed by atoms with van der Waals surface area (Å²) in [4.78, 5) is 35.0. The van der Waals surface area contributed by atoms with E-state index in [9.17, 15) is 14.4 Å². The number of aryl methyl sites for hydroxylation is 1. The minimum absolute atomic E-state index is 0.241. The fraction of sp³-hybridized carbons (Fsp3) is 0.105. The number of ether oxygens (including phenoxy) is 1. The molecular formula is C19H14ClNO4S. The van der Waals surface area contributed by atoms with Crippen LogP contribution >= 0.6 is 23.4 Å². The number of esters is 1. The highest BCUT2D eigenvalue weighted by Crippen LogP contribution is 2.30. The third-order valence-electron chi connectivity index (χ3n) is 3.58. The van der Waals surface area contributed by atoms with Gasteiger partial charge in [0.1, 0.15) is 5.75 Å². The molecule has 1 aliphatic heterocycles. The molecule has 5 nitrogen and oxygen atoms in total. The molecule has 1 N–H and O–H groups in total. The average Bonchev–Trinajstić information content (AvgIpc) is 2.93. The van der Waals surface area contributed by atoms with E-state index in [1.54, 1.807) is 24.3 Å². The molecule has 0 unspecified atom stereocenters. The standard InChI is InChI=1S/C19H14ClNO4S/c20-14-10-13(11-16-18(23)21-19(24)26-16)6-8-15(14)25-17(22)9-7-12-4-2-1-3-5-12/h1-6,8,10-11H,7,9H2,(H,21,23,24). The van der Waals surface area contributed by atoms with Crippen LogP contribution in [0.25, 0.3) is 6.08 Å². The Hall–Kier alpha value is -2.57. The van der Waals surface area contributed by atoms with E-state index < -0.39 is 11.1 Å². The summed E-state index contributed by atoms with van der Waals surface area (Å²) in [6.45, 7) is 0. The molecule has 0 aromatic heterocycles. The highest BCUT2D eigenvalue weighted by atomic mass is 35.5. The summed E-state index contributed by atoms with van der Waals surface area (Å²) >= 11 is 6.99. The summed E-state index contributed by atoms with van der Waals surface area (Å²) in [6, 6.07) is 14.5. The zero-order valence-corrected chi connectivity index (χ0v) is 15.1. The first-order valence-corrected chi connectivity index (χ1v) is 9.00. The van der Waals surface area contributed by atoms with E-state index in [0.29, 0.717) is 16.9 Å². The second-order valence-corrected chi connectivity index (χ2v) is 6.92. The maximum Gasteiger partial charge on any atom is 0.311 e. The highest BCUT2D eigenvalue weighted by molar-refractivity contribution is 8.18. The van der Waals surface area contributed by atoms with Crippen LogP contribution in [0.5, 0.6) is 5.75 Å². The van der Waals surface area contributed by atoms with Gasteiger partial charge in [-0.05, 0) is 47.5 Å². The van der Waals surface area contributed by atoms with E-state index in [4.69, 9.17) is 16.3 Å². The lowest BCUT2D eigenvalue weighted by molar-refractivity contribution is -0.134. The van der Waals surface area contributed by atoms with Crippen molar-refractivity contribution in [2.24, 2.45) is 0 Å². The summed E-state index contributed by atoms with van der Waals surface area (Å²) in [6.07, 6.45) is 2.38. The molecule has 0 spiro atoms. The molecule has 1 heterocycles. The molecule has 0 saturated carbocycles. The van der Waals surface area contributed by atoms with Crippen molar-refractivity contribution in [3.8, 4) is 5.75 Å². The van der Waals surface area contributed by atoms with E-state index in [1.807, 2.05) is 30.3 Å². The summed E-state index contributed by atoms with van der Waals surface area (Å²) < 4.78 is 5.30. The quantitative estimate of drug-likeness (QED) is 0.473. The van der Waals surface area contributed by atoms with Crippen LogP contribution in [-0.4, -0.2) is 17.1 Å². The van der Waals surface area contributed by atoms with Gasteiger partial charge in [0.2, 0.25) is 0 Å². The lowest BCUT2D eigenvalue weighted by Gasteiger charge is -2.07. The maximum atomic E-state index is 12.0. The number of hydrogen-bond donors (Lipinski definition) is 1. The van der Waals surface area contributed by atoms with Crippen LogP contribution in [0.4, 0.5) is 4.79 Å². The van der Waals surface area contributed by atoms with Crippen LogP contribution in [0.15, 0.2) is 53.4 Å². The number of amides is 2. The third kappa shape index (κ3) is 4.74. The Morgan fingerprint density at radius 3 is 2.58 bits per heavy atom. The molecule has 2 aromatic carbocycles. The van der Waals surface area contributed by atoms with E-state index in [1.165, 1.54) is 0 Å². The van der Waals surface area contributed by atoms with E-state index in [-0.39, 0.29) is 23.2 Å². The monoisotopic (exact) mass is 387 g/mol. The first-order valence-electron chi connectivity index (χ1n) is 7.80. The number of nitrogens with one attached hydrogen (secondary N) is 1. The van der Waals surface area contributed by atoms with Gasteiger partial charge in [0, 0.05) is 6.42 Å². The molecule has 0 atom stereocenters. The van der Waals surface area contributed by atoms with Crippen LogP contribution < -0.4 is 10.1 Å². The molecule has 3 rings (SSSR count). The molecule has 1 fully saturated rings. The van der Waals surface area contributed by atoms with Crippen molar-refractivity contribution < 1.29 is 19.1 Å². The second kappa shape index (κ2) is 8.21. The van der Waals surface area contributed by atoms with Crippen molar-refractivity contribution in [2.75, 3.05) is 0 Å². The highest BCUT2D eigenvalue weighted by Gasteiger charge is 2.25. The van der Waals surface area contributed by atoms with E-state index >= 15 is 0 Å². The number of imide groups is 1. The maximum absolute atomic E-state index is 12.0. The Labute approximate surface area is 159 Å². The molecule has 1 saturated heterocycles. The minimum atomic E-state index is -0.437. The summed E-state index contributed by atoms with van der Waals surface area (Å²) in [5, 5.41) is 2.03. The smallest absolute Gasteiger partial charge is 0.311 e. The van der Waals surface area contributed by atoms with Crippen molar-refractivity contribution in [1.29, 1.82) is 0 Å². The molecule has 132 valence electrons. The Kier molecular flexibility index (Phi) is 5.75. The molecule has 2 amide bonds. The average molecular weight is 388 g/mol. The fourth-order valence-electron chi connectivity index (χ4n) is 2.33. The van der Waals surface area contributed by atoms with Gasteiger partial charge < -0.3 is 4.74 Å². The Balaban J connectivity index is 1.62. The normalized spacial score (nSPS) is 15.2. The number of benzene rings is 2. The molecular weight excluding hydrogens is 374 g/mol. The van der Waals surface area contributed by atoms with Gasteiger partial charge in [-0.25, -0.2) is 0 Å². The van der Waals surface area contributed by atoms with Gasteiger partial charge in [-0.3, -0.25) is 19.7 Å². The minimum Gasteiger partial charge on any atom is -0.425 e. The molecule has 1 aliphatic rings.